The first kappa shape index (κ1) is 89.1. The second-order valence-electron chi connectivity index (χ2n) is 33.7. The first-order valence-electron chi connectivity index (χ1n) is 39.2. The maximum Gasteiger partial charge on any atom is 0.394 e. The lowest BCUT2D eigenvalue weighted by atomic mass is 9.58. The van der Waals surface area contributed by atoms with Gasteiger partial charge < -0.3 is 64.8 Å². The Labute approximate surface area is 637 Å². The van der Waals surface area contributed by atoms with Crippen LogP contribution in [0, 0.1) is 46.8 Å². The van der Waals surface area contributed by atoms with Crippen LogP contribution >= 0.6 is 0 Å². The van der Waals surface area contributed by atoms with Gasteiger partial charge in [-0.15, -0.1) is 0 Å². The first-order valence-corrected chi connectivity index (χ1v) is 39.2. The zero-order valence-corrected chi connectivity index (χ0v) is 66.5. The van der Waals surface area contributed by atoms with Crippen molar-refractivity contribution in [3.05, 3.63) is 12.2 Å². The molecule has 0 aromatic carbocycles. The quantitative estimate of drug-likeness (QED) is 0.123. The van der Waals surface area contributed by atoms with Gasteiger partial charge in [-0.1, -0.05) is 73.0 Å². The molecule has 2 bridgehead atoms. The fourth-order valence-electron chi connectivity index (χ4n) is 17.9. The van der Waals surface area contributed by atoms with E-state index in [2.05, 4.69) is 16.0 Å². The van der Waals surface area contributed by atoms with E-state index in [0.717, 1.165) is 19.6 Å². The normalized spacial score (nSPS) is 31.6. The number of rotatable bonds is 13. The van der Waals surface area contributed by atoms with Crippen molar-refractivity contribution in [1.82, 2.24) is 60.0 Å². The summed E-state index contributed by atoms with van der Waals surface area (Å²) in [4.78, 5) is 193. The number of ether oxygens (including phenoxy) is 1. The van der Waals surface area contributed by atoms with Gasteiger partial charge in [-0.3, -0.25) is 57.5 Å². The van der Waals surface area contributed by atoms with Crippen LogP contribution in [0.25, 0.3) is 0 Å². The number of fused-ring (bicyclic) bond motifs is 3. The minimum absolute atomic E-state index is 0.0176. The van der Waals surface area contributed by atoms with E-state index >= 15 is 33.2 Å². The molecule has 3 aliphatic heterocycles. The molecule has 2 saturated heterocycles. The summed E-state index contributed by atoms with van der Waals surface area (Å²) in [5.74, 6) is -15.5. The van der Waals surface area contributed by atoms with E-state index in [1.54, 1.807) is 32.9 Å². The van der Waals surface area contributed by atoms with Gasteiger partial charge in [0.25, 0.3) is 0 Å². The lowest BCUT2D eigenvalue weighted by Gasteiger charge is -2.54. The van der Waals surface area contributed by atoms with Crippen LogP contribution in [0.3, 0.4) is 0 Å². The molecule has 0 aromatic heterocycles. The molecule has 7 aliphatic rings. The summed E-state index contributed by atoms with van der Waals surface area (Å²) in [5, 5.41) is 8.61. The van der Waals surface area contributed by atoms with Crippen LogP contribution in [-0.2, 0) is 62.3 Å². The minimum Gasteiger partial charge on any atom is -0.377 e. The molecule has 109 heavy (non-hydrogen) atoms. The van der Waals surface area contributed by atoms with Crippen molar-refractivity contribution < 1.29 is 93.0 Å². The van der Waals surface area contributed by atoms with Crippen molar-refractivity contribution in [2.75, 3.05) is 89.2 Å². The Morgan fingerprint density at radius 1 is 0.651 bits per heavy atom. The Morgan fingerprint density at radius 3 is 1.84 bits per heavy atom. The van der Waals surface area contributed by atoms with E-state index in [1.807, 2.05) is 27.7 Å². The summed E-state index contributed by atoms with van der Waals surface area (Å²) >= 11 is 0. The predicted molar refractivity (Wildman–Crippen MR) is 390 cm³/mol. The van der Waals surface area contributed by atoms with Crippen LogP contribution in [0.5, 0.6) is 0 Å². The number of carbonyl (C=O) groups excluding carboxylic acids is 12. The highest BCUT2D eigenvalue weighted by atomic mass is 19.4. The molecule has 3 N–H and O–H groups in total. The third-order valence-corrected chi connectivity index (χ3v) is 24.3. The zero-order chi connectivity index (χ0) is 81.3. The van der Waals surface area contributed by atoms with E-state index in [1.165, 1.54) is 80.9 Å². The highest BCUT2D eigenvalue weighted by molar-refractivity contribution is 6.01. The van der Waals surface area contributed by atoms with Crippen LogP contribution in [0.1, 0.15) is 190 Å². The molecule has 0 radical (unpaired) electrons. The molecule has 4 aliphatic carbocycles. The largest absolute Gasteiger partial charge is 0.394 e. The Hall–Kier alpha value is -7.15. The maximum absolute atomic E-state index is 15.8. The molecule has 3 unspecified atom stereocenters. The van der Waals surface area contributed by atoms with Gasteiger partial charge in [0.1, 0.15) is 60.0 Å². The first-order chi connectivity index (χ1) is 50.9. The standard InChI is InChI=1S/C77H121F7N12O13/c1-16-46(5)63-71(106)90(11)42-62(99)91(12)55-25-19-18-22-34-95(70(55)105)59(37-48-26-30-50(31-27-48)76(79,80)81)69(104)89(10)41-60(97)85-54(33-29-47-28-32-52(53(78)36-47)77(82,83)84)67(102)96-40-51(109-17-2)38-57(96)66(101)87-75(43-74(6,7)44-75)73(108)94(15)64(49-23-20-21-24-49)72(107)93(14)58(68(103)88(8)9)39-61(98)92(13)56(35-45(3)4)65(100)86-63/h18-19,45-59,63-64H,16-17,20-44H2,1-15H3,(H,85,97)(H,86,100)(H,87,101)/b19-18-/t46-,47?,48?,50?,51+,52?,53?,54-,55-,56-,57-,58-,59-,63-,64-/m0/s1. The van der Waals surface area contributed by atoms with E-state index in [4.69, 9.17) is 4.74 Å². The molecule has 6 fully saturated rings. The van der Waals surface area contributed by atoms with Crippen molar-refractivity contribution in [1.29, 1.82) is 0 Å². The monoisotopic (exact) mass is 1550 g/mol. The molecular formula is C77H121F7N12O13. The number of hydrogen-bond acceptors (Lipinski definition) is 13. The van der Waals surface area contributed by atoms with Crippen molar-refractivity contribution >= 4 is 70.9 Å². The molecule has 13 atom stereocenters. The SMILES string of the molecule is CCO[C@@H]1C[C@H]2C(=O)NC3(CC(C)(C)C3)C(=O)N(C)[C@@H](C3CCCC3)C(=O)N(C)[C@H](C(=O)N(C)C)CC(=O)N(C)[C@@H](CC(C)C)C(=O)N[C@@H]([C@@H](C)CC)C(=O)N(C)CC(=O)N(C)[C@H]3C/C=C\CCN(C3=O)[C@@H](CC3CCC(C(F)(F)F)CC3)C(=O)N(C)CC(=O)N[C@@H](CCC3CCC(C(F)(F)F)C(F)C3)C(=O)N2C1. The zero-order valence-electron chi connectivity index (χ0n) is 66.5. The average molecular weight is 1560 g/mol. The third kappa shape index (κ3) is 22.0. The Kier molecular flexibility index (Phi) is 30.6. The second-order valence-corrected chi connectivity index (χ2v) is 33.7. The molecular weight excluding hydrogens is 1430 g/mol. The number of halogens is 7. The summed E-state index contributed by atoms with van der Waals surface area (Å²) in [7, 11) is 11.0. The summed E-state index contributed by atoms with van der Waals surface area (Å²) < 4.78 is 106. The van der Waals surface area contributed by atoms with Crippen molar-refractivity contribution in [3.63, 3.8) is 0 Å². The lowest BCUT2D eigenvalue weighted by Crippen LogP contribution is -2.71. The number of nitrogens with zero attached hydrogens (tertiary/aromatic N) is 9. The van der Waals surface area contributed by atoms with Crippen molar-refractivity contribution in [2.24, 2.45) is 46.8 Å². The molecule has 25 nitrogen and oxygen atoms in total. The van der Waals surface area contributed by atoms with Crippen LogP contribution in [0.4, 0.5) is 30.7 Å². The summed E-state index contributed by atoms with van der Waals surface area (Å²) in [6.07, 6.45) is -9.05. The number of likely N-dealkylation sites (N-methyl/N-ethyl adjacent to an activating group) is 7. The highest BCUT2D eigenvalue weighted by Gasteiger charge is 2.60. The summed E-state index contributed by atoms with van der Waals surface area (Å²) in [5.41, 5.74) is -2.30. The fourth-order valence-corrected chi connectivity index (χ4v) is 17.9. The van der Waals surface area contributed by atoms with Gasteiger partial charge in [-0.25, -0.2) is 4.39 Å². The van der Waals surface area contributed by atoms with Crippen LogP contribution in [0.2, 0.25) is 0 Å². The van der Waals surface area contributed by atoms with Gasteiger partial charge >= 0.3 is 12.4 Å². The van der Waals surface area contributed by atoms with E-state index in [-0.39, 0.29) is 116 Å². The smallest absolute Gasteiger partial charge is 0.377 e. The number of nitrogens with one attached hydrogen (secondary N) is 3. The van der Waals surface area contributed by atoms with Crippen molar-refractivity contribution in [3.8, 4) is 0 Å². The van der Waals surface area contributed by atoms with Gasteiger partial charge in [0.15, 0.2) is 0 Å². The molecule has 1 spiro atoms. The van der Waals surface area contributed by atoms with Crippen LogP contribution < -0.4 is 16.0 Å². The topological polar surface area (TPSA) is 279 Å². The lowest BCUT2D eigenvalue weighted by molar-refractivity contribution is -0.201. The molecule has 0 aromatic rings. The van der Waals surface area contributed by atoms with Crippen molar-refractivity contribution in [2.45, 2.75) is 268 Å². The molecule has 4 saturated carbocycles. The third-order valence-electron chi connectivity index (χ3n) is 24.3. The highest BCUT2D eigenvalue weighted by Crippen LogP contribution is 2.50. The number of amides is 12. The van der Waals surface area contributed by atoms with E-state index < -0.39 is 223 Å². The van der Waals surface area contributed by atoms with E-state index in [0.29, 0.717) is 32.1 Å². The Bertz CT molecular complexity index is 3280. The molecule has 3 heterocycles. The summed E-state index contributed by atoms with van der Waals surface area (Å²) in [6.45, 7) is 10.9. The average Bonchev–Trinajstić information content (AvgIpc) is 1.37. The van der Waals surface area contributed by atoms with Gasteiger partial charge in [0.05, 0.1) is 37.5 Å². The van der Waals surface area contributed by atoms with Gasteiger partial charge in [-0.05, 0) is 151 Å². The van der Waals surface area contributed by atoms with Gasteiger partial charge in [0.2, 0.25) is 70.9 Å². The minimum atomic E-state index is -4.82. The summed E-state index contributed by atoms with van der Waals surface area (Å²) in [6, 6.07) is -11.1. The number of carbonyl (C=O) groups is 12. The van der Waals surface area contributed by atoms with Crippen LogP contribution in [-0.4, -0.2) is 283 Å². The molecule has 32 heteroatoms. The van der Waals surface area contributed by atoms with Gasteiger partial charge in [-0.2, -0.15) is 26.3 Å². The molecule has 7 rings (SSSR count). The Balaban J connectivity index is 1.34. The van der Waals surface area contributed by atoms with Crippen LogP contribution in [0.15, 0.2) is 12.2 Å². The molecule has 12 amide bonds. The maximum atomic E-state index is 15.8. The Morgan fingerprint density at radius 2 is 1.28 bits per heavy atom. The molecule has 616 valence electrons. The predicted octanol–water partition coefficient (Wildman–Crippen LogP) is 7.04. The number of alkyl halides is 7. The fraction of sp³-hybridized carbons (Fsp3) is 0.818. The van der Waals surface area contributed by atoms with Gasteiger partial charge in [0, 0.05) is 82.5 Å². The van der Waals surface area contributed by atoms with E-state index in [9.17, 15) is 55.1 Å². The number of hydrogen-bond donors (Lipinski definition) is 3. The second kappa shape index (κ2) is 37.5.